The Morgan fingerprint density at radius 3 is 2.28 bits per heavy atom. The zero-order valence-corrected chi connectivity index (χ0v) is 17.9. The lowest BCUT2D eigenvalue weighted by Gasteiger charge is -2.40. The maximum absolute atomic E-state index is 12.6. The average Bonchev–Trinajstić information content (AvgIpc) is 3.15. The molecule has 0 bridgehead atoms. The number of likely N-dealkylation sites (tertiary alicyclic amines) is 1. The number of rotatable bonds is 5. The molecular weight excluding hydrogens is 390 g/mol. The van der Waals surface area contributed by atoms with E-state index in [0.29, 0.717) is 24.4 Å². The molecule has 1 aromatic carbocycles. The summed E-state index contributed by atoms with van der Waals surface area (Å²) in [7, 11) is 1.67. The quantitative estimate of drug-likeness (QED) is 0.686. The maximum atomic E-state index is 12.6. The Bertz CT molecular complexity index is 751. The Morgan fingerprint density at radius 1 is 1.00 bits per heavy atom. The molecule has 0 atom stereocenters. The number of piperidine rings is 1. The number of halogens is 1. The molecule has 7 heteroatoms. The summed E-state index contributed by atoms with van der Waals surface area (Å²) in [6, 6.07) is 5.68. The Hall–Kier alpha value is -1.79. The van der Waals surface area contributed by atoms with E-state index in [0.717, 1.165) is 69.8 Å². The van der Waals surface area contributed by atoms with Gasteiger partial charge in [0.1, 0.15) is 5.75 Å². The van der Waals surface area contributed by atoms with Gasteiger partial charge in [0.25, 0.3) is 0 Å². The van der Waals surface area contributed by atoms with Crippen LogP contribution in [0.1, 0.15) is 38.5 Å². The molecule has 0 radical (unpaired) electrons. The third-order valence-electron chi connectivity index (χ3n) is 6.81. The van der Waals surface area contributed by atoms with E-state index in [9.17, 15) is 9.59 Å². The van der Waals surface area contributed by atoms with E-state index in [1.807, 2.05) is 18.2 Å². The van der Waals surface area contributed by atoms with E-state index >= 15 is 0 Å². The van der Waals surface area contributed by atoms with Crippen molar-refractivity contribution in [3.63, 3.8) is 0 Å². The first-order chi connectivity index (χ1) is 14.0. The zero-order chi connectivity index (χ0) is 20.4. The molecule has 158 valence electrons. The number of hydrogen-bond donors (Lipinski definition) is 0. The number of imide groups is 1. The molecule has 1 saturated carbocycles. The zero-order valence-electron chi connectivity index (χ0n) is 17.2. The maximum Gasteiger partial charge on any atom is 0.229 e. The molecule has 2 heterocycles. The first kappa shape index (κ1) is 20.5. The second-order valence-electron chi connectivity index (χ2n) is 8.64. The summed E-state index contributed by atoms with van der Waals surface area (Å²) >= 11 is 6.17. The van der Waals surface area contributed by atoms with Gasteiger partial charge in [0.2, 0.25) is 11.8 Å². The molecule has 0 aromatic heterocycles. The van der Waals surface area contributed by atoms with E-state index in [4.69, 9.17) is 16.3 Å². The minimum atomic E-state index is -0.0215. The van der Waals surface area contributed by atoms with Crippen molar-refractivity contribution >= 4 is 29.1 Å². The highest BCUT2D eigenvalue weighted by molar-refractivity contribution is 6.30. The Kier molecular flexibility index (Phi) is 6.02. The van der Waals surface area contributed by atoms with Crippen molar-refractivity contribution in [2.24, 2.45) is 5.41 Å². The van der Waals surface area contributed by atoms with Crippen LogP contribution in [0.15, 0.2) is 18.2 Å². The molecule has 3 fully saturated rings. The minimum absolute atomic E-state index is 0.0215. The van der Waals surface area contributed by atoms with E-state index in [1.54, 1.807) is 7.11 Å². The lowest BCUT2D eigenvalue weighted by atomic mass is 9.76. The van der Waals surface area contributed by atoms with E-state index < -0.39 is 0 Å². The third-order valence-corrected chi connectivity index (χ3v) is 7.05. The van der Waals surface area contributed by atoms with Gasteiger partial charge in [0.15, 0.2) is 0 Å². The minimum Gasteiger partial charge on any atom is -0.495 e. The summed E-state index contributed by atoms with van der Waals surface area (Å²) in [4.78, 5) is 31.4. The van der Waals surface area contributed by atoms with Gasteiger partial charge >= 0.3 is 0 Å². The van der Waals surface area contributed by atoms with Crippen molar-refractivity contribution in [2.75, 3.05) is 51.3 Å². The molecule has 0 N–H and O–H groups in total. The van der Waals surface area contributed by atoms with Crippen LogP contribution in [0.5, 0.6) is 5.75 Å². The third kappa shape index (κ3) is 4.38. The largest absolute Gasteiger partial charge is 0.495 e. The van der Waals surface area contributed by atoms with Crippen molar-refractivity contribution < 1.29 is 14.3 Å². The fourth-order valence-corrected chi connectivity index (χ4v) is 5.29. The van der Waals surface area contributed by atoms with Gasteiger partial charge in [-0.2, -0.15) is 0 Å². The number of ether oxygens (including phenoxy) is 1. The van der Waals surface area contributed by atoms with Crippen LogP contribution in [0.3, 0.4) is 0 Å². The SMILES string of the molecule is COc1ccc(Cl)cc1N1CCN(CCN2C(=O)CC3(CCCC3)CC2=O)CC1. The Morgan fingerprint density at radius 2 is 1.66 bits per heavy atom. The lowest BCUT2D eigenvalue weighted by molar-refractivity contribution is -0.153. The smallest absolute Gasteiger partial charge is 0.229 e. The van der Waals surface area contributed by atoms with Crippen LogP contribution in [0, 0.1) is 5.41 Å². The standard InChI is InChI=1S/C22H30ClN3O3/c1-29-19-5-4-17(23)14-18(19)25-11-8-24(9-12-25)10-13-26-20(27)15-22(16-21(26)28)6-2-3-7-22/h4-5,14H,2-3,6-13,15-16H2,1H3. The number of amides is 2. The van der Waals surface area contributed by atoms with E-state index in [-0.39, 0.29) is 17.2 Å². The van der Waals surface area contributed by atoms with Crippen LogP contribution in [-0.4, -0.2) is 68.0 Å². The number of nitrogens with zero attached hydrogens (tertiary/aromatic N) is 3. The summed E-state index contributed by atoms with van der Waals surface area (Å²) in [5, 5.41) is 0.699. The number of carbonyl (C=O) groups excluding carboxylic acids is 2. The summed E-state index contributed by atoms with van der Waals surface area (Å²) < 4.78 is 5.47. The van der Waals surface area contributed by atoms with Crippen molar-refractivity contribution in [2.45, 2.75) is 38.5 Å². The van der Waals surface area contributed by atoms with E-state index in [2.05, 4.69) is 9.80 Å². The van der Waals surface area contributed by atoms with Gasteiger partial charge in [0, 0.05) is 57.1 Å². The van der Waals surface area contributed by atoms with E-state index in [1.165, 1.54) is 4.90 Å². The molecule has 1 aliphatic carbocycles. The van der Waals surface area contributed by atoms with Crippen LogP contribution >= 0.6 is 11.6 Å². The van der Waals surface area contributed by atoms with Crippen LogP contribution in [0.2, 0.25) is 5.02 Å². The van der Waals surface area contributed by atoms with Gasteiger partial charge in [-0.05, 0) is 36.5 Å². The van der Waals surface area contributed by atoms with Gasteiger partial charge in [0.05, 0.1) is 12.8 Å². The molecule has 2 amide bonds. The number of piperazine rings is 1. The predicted molar refractivity (Wildman–Crippen MR) is 114 cm³/mol. The summed E-state index contributed by atoms with van der Waals surface area (Å²) in [6.07, 6.45) is 5.49. The normalized spacial score (nSPS) is 22.6. The molecule has 1 spiro atoms. The number of methoxy groups -OCH3 is 1. The Balaban J connectivity index is 1.29. The van der Waals surface area contributed by atoms with Crippen molar-refractivity contribution in [1.29, 1.82) is 0 Å². The van der Waals surface area contributed by atoms with Crippen LogP contribution in [0.25, 0.3) is 0 Å². The van der Waals surface area contributed by atoms with Gasteiger partial charge in [-0.3, -0.25) is 19.4 Å². The average molecular weight is 420 g/mol. The predicted octanol–water partition coefficient (Wildman–Crippen LogP) is 3.18. The molecular formula is C22H30ClN3O3. The first-order valence-electron chi connectivity index (χ1n) is 10.6. The topological polar surface area (TPSA) is 53.1 Å². The summed E-state index contributed by atoms with van der Waals surface area (Å²) in [6.45, 7) is 4.74. The molecule has 0 unspecified atom stereocenters. The number of hydrogen-bond acceptors (Lipinski definition) is 5. The van der Waals surface area contributed by atoms with Crippen molar-refractivity contribution in [1.82, 2.24) is 9.80 Å². The van der Waals surface area contributed by atoms with Gasteiger partial charge in [-0.15, -0.1) is 0 Å². The molecule has 2 saturated heterocycles. The lowest BCUT2D eigenvalue weighted by Crippen LogP contribution is -2.52. The Labute approximate surface area is 177 Å². The van der Waals surface area contributed by atoms with Crippen LogP contribution in [0.4, 0.5) is 5.69 Å². The highest BCUT2D eigenvalue weighted by Gasteiger charge is 2.44. The summed E-state index contributed by atoms with van der Waals surface area (Å²) in [5.41, 5.74) is 0.995. The molecule has 29 heavy (non-hydrogen) atoms. The highest BCUT2D eigenvalue weighted by atomic mass is 35.5. The van der Waals surface area contributed by atoms with Crippen LogP contribution < -0.4 is 9.64 Å². The van der Waals surface area contributed by atoms with Crippen molar-refractivity contribution in [3.8, 4) is 5.75 Å². The fourth-order valence-electron chi connectivity index (χ4n) is 5.13. The summed E-state index contributed by atoms with van der Waals surface area (Å²) in [5.74, 6) is 0.893. The number of benzene rings is 1. The number of anilines is 1. The monoisotopic (exact) mass is 419 g/mol. The van der Waals surface area contributed by atoms with Gasteiger partial charge in [-0.1, -0.05) is 24.4 Å². The molecule has 3 aliphatic rings. The fraction of sp³-hybridized carbons (Fsp3) is 0.636. The van der Waals surface area contributed by atoms with Gasteiger partial charge in [-0.25, -0.2) is 0 Å². The molecule has 2 aliphatic heterocycles. The second kappa shape index (κ2) is 8.52. The van der Waals surface area contributed by atoms with Gasteiger partial charge < -0.3 is 9.64 Å². The van der Waals surface area contributed by atoms with Crippen molar-refractivity contribution in [3.05, 3.63) is 23.2 Å². The molecule has 6 nitrogen and oxygen atoms in total. The highest BCUT2D eigenvalue weighted by Crippen LogP contribution is 2.46. The second-order valence-corrected chi connectivity index (χ2v) is 9.08. The first-order valence-corrected chi connectivity index (χ1v) is 11.0. The van der Waals surface area contributed by atoms with Crippen LogP contribution in [-0.2, 0) is 9.59 Å². The molecule has 4 rings (SSSR count). The number of carbonyl (C=O) groups is 2. The molecule has 1 aromatic rings.